The first-order valence-electron chi connectivity index (χ1n) is 8.39. The molecule has 27 heavy (non-hydrogen) atoms. The molecule has 0 fully saturated rings. The summed E-state index contributed by atoms with van der Waals surface area (Å²) in [6.45, 7) is 0. The van der Waals surface area contributed by atoms with Crippen LogP contribution in [0.2, 0.25) is 0 Å². The number of fused-ring (bicyclic) bond motifs is 1. The van der Waals surface area contributed by atoms with E-state index in [-0.39, 0.29) is 23.4 Å². The number of hydrogen-bond donors (Lipinski definition) is 3. The monoisotopic (exact) mass is 360 g/mol. The van der Waals surface area contributed by atoms with Gasteiger partial charge in [-0.2, -0.15) is 0 Å². The lowest BCUT2D eigenvalue weighted by Gasteiger charge is -2.21. The Morgan fingerprint density at radius 1 is 0.889 bits per heavy atom. The number of nitrogens with zero attached hydrogens (tertiary/aromatic N) is 3. The average molecular weight is 360 g/mol. The van der Waals surface area contributed by atoms with Crippen LogP contribution in [0.15, 0.2) is 73.2 Å². The van der Waals surface area contributed by atoms with Crippen LogP contribution in [0.25, 0.3) is 10.8 Å². The second-order valence-electron chi connectivity index (χ2n) is 6.02. The van der Waals surface area contributed by atoms with Crippen molar-refractivity contribution in [2.75, 3.05) is 16.6 Å². The topological polar surface area (TPSA) is 88.8 Å². The van der Waals surface area contributed by atoms with Crippen LogP contribution in [0.1, 0.15) is 17.3 Å². The normalized spacial score (nSPS) is 11.9. The van der Waals surface area contributed by atoms with E-state index in [2.05, 4.69) is 20.3 Å². The molecule has 0 aliphatic rings. The second-order valence-corrected chi connectivity index (χ2v) is 6.02. The molecule has 1 atom stereocenters. The van der Waals surface area contributed by atoms with Crippen LogP contribution in [0, 0.1) is 0 Å². The standard InChI is InChI=1S/C20H17FN6/c21-27-18-19(22)24-12-25-20(18)26-17(13-6-2-1-3-7-13)16-10-14-8-4-5-9-15(14)11-23-16/h1-12,17,27H,(H3,22,24,25,26). The number of pyridine rings is 1. The summed E-state index contributed by atoms with van der Waals surface area (Å²) in [5.41, 5.74) is 9.06. The molecular weight excluding hydrogens is 343 g/mol. The first-order valence-corrected chi connectivity index (χ1v) is 8.39. The quantitative estimate of drug-likeness (QED) is 0.464. The Hall–Kier alpha value is -3.74. The van der Waals surface area contributed by atoms with Crippen molar-refractivity contribution in [3.63, 3.8) is 0 Å². The zero-order chi connectivity index (χ0) is 18.6. The summed E-state index contributed by atoms with van der Waals surface area (Å²) in [4.78, 5) is 12.6. The van der Waals surface area contributed by atoms with Gasteiger partial charge in [0.15, 0.2) is 11.6 Å². The molecule has 0 aliphatic heterocycles. The molecule has 6 nitrogen and oxygen atoms in total. The summed E-state index contributed by atoms with van der Waals surface area (Å²) in [6.07, 6.45) is 3.11. The molecular formula is C20H17FN6. The van der Waals surface area contributed by atoms with Gasteiger partial charge in [0.1, 0.15) is 12.0 Å². The van der Waals surface area contributed by atoms with Crippen molar-refractivity contribution in [3.05, 3.63) is 84.4 Å². The third-order valence-corrected chi connectivity index (χ3v) is 4.33. The van der Waals surface area contributed by atoms with Crippen LogP contribution in [-0.4, -0.2) is 15.0 Å². The molecule has 0 bridgehead atoms. The maximum absolute atomic E-state index is 13.2. The Morgan fingerprint density at radius 3 is 2.41 bits per heavy atom. The summed E-state index contributed by atoms with van der Waals surface area (Å²) < 4.78 is 13.2. The number of halogens is 1. The third kappa shape index (κ3) is 3.35. The number of benzene rings is 2. The molecule has 2 heterocycles. The molecule has 0 spiro atoms. The van der Waals surface area contributed by atoms with E-state index >= 15 is 0 Å². The Morgan fingerprint density at radius 2 is 1.63 bits per heavy atom. The third-order valence-electron chi connectivity index (χ3n) is 4.33. The van der Waals surface area contributed by atoms with Crippen LogP contribution in [-0.2, 0) is 0 Å². The number of anilines is 3. The van der Waals surface area contributed by atoms with E-state index in [1.54, 1.807) is 5.54 Å². The Bertz CT molecular complexity index is 1070. The van der Waals surface area contributed by atoms with E-state index in [9.17, 15) is 4.48 Å². The number of aromatic nitrogens is 3. The van der Waals surface area contributed by atoms with E-state index in [0.29, 0.717) is 0 Å². The summed E-state index contributed by atoms with van der Waals surface area (Å²) in [6, 6.07) is 19.4. The molecule has 0 saturated carbocycles. The van der Waals surface area contributed by atoms with Crippen LogP contribution < -0.4 is 16.6 Å². The first kappa shape index (κ1) is 16.7. The van der Waals surface area contributed by atoms with Crippen molar-refractivity contribution in [1.82, 2.24) is 15.0 Å². The van der Waals surface area contributed by atoms with Gasteiger partial charge in [-0.25, -0.2) is 15.5 Å². The van der Waals surface area contributed by atoms with Gasteiger partial charge < -0.3 is 11.1 Å². The maximum Gasteiger partial charge on any atom is 0.158 e. The molecule has 7 heteroatoms. The fourth-order valence-electron chi connectivity index (χ4n) is 2.97. The van der Waals surface area contributed by atoms with E-state index in [0.717, 1.165) is 22.0 Å². The van der Waals surface area contributed by atoms with Gasteiger partial charge in [0.25, 0.3) is 0 Å². The molecule has 0 aliphatic carbocycles. The van der Waals surface area contributed by atoms with Gasteiger partial charge >= 0.3 is 0 Å². The molecule has 1 unspecified atom stereocenters. The maximum atomic E-state index is 13.2. The van der Waals surface area contributed by atoms with Gasteiger partial charge in [-0.1, -0.05) is 54.6 Å². The summed E-state index contributed by atoms with van der Waals surface area (Å²) in [7, 11) is 0. The fraction of sp³-hybridized carbons (Fsp3) is 0.0500. The predicted octanol–water partition coefficient (Wildman–Crippen LogP) is 4.10. The lowest BCUT2D eigenvalue weighted by atomic mass is 10.0. The lowest BCUT2D eigenvalue weighted by molar-refractivity contribution is 0.617. The van der Waals surface area contributed by atoms with Gasteiger partial charge in [-0.05, 0) is 17.0 Å². The second kappa shape index (κ2) is 7.25. The van der Waals surface area contributed by atoms with Crippen molar-refractivity contribution < 1.29 is 4.48 Å². The molecule has 0 amide bonds. The van der Waals surface area contributed by atoms with E-state index < -0.39 is 0 Å². The first-order chi connectivity index (χ1) is 13.3. The molecule has 4 N–H and O–H groups in total. The minimum absolute atomic E-state index is 0.000722. The average Bonchev–Trinajstić information content (AvgIpc) is 2.72. The van der Waals surface area contributed by atoms with Crippen molar-refractivity contribution >= 4 is 28.1 Å². The molecule has 0 saturated heterocycles. The number of hydrogen-bond acceptors (Lipinski definition) is 6. The molecule has 134 valence electrons. The Labute approximate surface area is 155 Å². The zero-order valence-electron chi connectivity index (χ0n) is 14.3. The highest BCUT2D eigenvalue weighted by atomic mass is 19.2. The summed E-state index contributed by atoms with van der Waals surface area (Å²) in [5.74, 6) is 0.280. The predicted molar refractivity (Wildman–Crippen MR) is 105 cm³/mol. The highest BCUT2D eigenvalue weighted by molar-refractivity contribution is 5.82. The minimum atomic E-state index is -0.350. The van der Waals surface area contributed by atoms with Gasteiger partial charge in [-0.3, -0.25) is 4.98 Å². The van der Waals surface area contributed by atoms with Crippen LogP contribution in [0.5, 0.6) is 0 Å². The van der Waals surface area contributed by atoms with Crippen LogP contribution in [0.4, 0.5) is 21.8 Å². The highest BCUT2D eigenvalue weighted by Crippen LogP contribution is 2.31. The molecule has 4 rings (SSSR count). The minimum Gasteiger partial charge on any atom is -0.382 e. The summed E-state index contributed by atoms with van der Waals surface area (Å²) >= 11 is 0. The van der Waals surface area contributed by atoms with Crippen molar-refractivity contribution in [2.45, 2.75) is 6.04 Å². The fourth-order valence-corrected chi connectivity index (χ4v) is 2.97. The van der Waals surface area contributed by atoms with Crippen LogP contribution in [0.3, 0.4) is 0 Å². The van der Waals surface area contributed by atoms with Gasteiger partial charge in [-0.15, -0.1) is 4.48 Å². The largest absolute Gasteiger partial charge is 0.382 e. The Balaban J connectivity index is 1.81. The number of nitrogens with one attached hydrogen (secondary N) is 2. The molecule has 2 aromatic carbocycles. The number of nitrogen functional groups attached to an aromatic ring is 1. The lowest BCUT2D eigenvalue weighted by Crippen LogP contribution is -2.16. The van der Waals surface area contributed by atoms with Crippen molar-refractivity contribution in [3.8, 4) is 0 Å². The molecule has 0 radical (unpaired) electrons. The number of nitrogens with two attached hydrogens (primary N) is 1. The van der Waals surface area contributed by atoms with Crippen molar-refractivity contribution in [2.24, 2.45) is 0 Å². The SMILES string of the molecule is Nc1ncnc(NC(c2ccccc2)c2cc3ccccc3cn2)c1NF. The smallest absolute Gasteiger partial charge is 0.158 e. The summed E-state index contributed by atoms with van der Waals surface area (Å²) in [5, 5.41) is 5.35. The van der Waals surface area contributed by atoms with Crippen LogP contribution >= 0.6 is 0 Å². The van der Waals surface area contributed by atoms with Gasteiger partial charge in [0.2, 0.25) is 0 Å². The van der Waals surface area contributed by atoms with E-state index in [1.165, 1.54) is 6.33 Å². The van der Waals surface area contributed by atoms with E-state index in [1.807, 2.05) is 66.9 Å². The van der Waals surface area contributed by atoms with Crippen molar-refractivity contribution in [1.29, 1.82) is 0 Å². The van der Waals surface area contributed by atoms with E-state index in [4.69, 9.17) is 5.73 Å². The Kier molecular flexibility index (Phi) is 4.49. The number of rotatable bonds is 5. The molecule has 4 aromatic rings. The highest BCUT2D eigenvalue weighted by Gasteiger charge is 2.19. The van der Waals surface area contributed by atoms with Gasteiger partial charge in [0.05, 0.1) is 11.7 Å². The van der Waals surface area contributed by atoms with Gasteiger partial charge in [0, 0.05) is 11.6 Å². The molecule has 2 aromatic heterocycles. The zero-order valence-corrected chi connectivity index (χ0v) is 14.3.